The molecule has 2 amide bonds. The summed E-state index contributed by atoms with van der Waals surface area (Å²) in [4.78, 5) is 22.3. The van der Waals surface area contributed by atoms with Gasteiger partial charge in [0.2, 0.25) is 5.91 Å². The average Bonchev–Trinajstić information content (AvgIpc) is 2.25. The predicted molar refractivity (Wildman–Crippen MR) is 73.8 cm³/mol. The van der Waals surface area contributed by atoms with Crippen LogP contribution in [0.25, 0.3) is 0 Å². The Morgan fingerprint density at radius 3 is 2.21 bits per heavy atom. The molecule has 1 aromatic carbocycles. The number of rotatable bonds is 3. The Morgan fingerprint density at radius 2 is 1.74 bits per heavy atom. The van der Waals surface area contributed by atoms with E-state index in [4.69, 9.17) is 4.74 Å². The summed E-state index contributed by atoms with van der Waals surface area (Å²) in [6.45, 7) is 7.28. The minimum Gasteiger partial charge on any atom is -0.444 e. The van der Waals surface area contributed by atoms with E-state index in [0.29, 0.717) is 6.54 Å². The van der Waals surface area contributed by atoms with E-state index in [0.717, 1.165) is 11.3 Å². The van der Waals surface area contributed by atoms with E-state index in [1.807, 2.05) is 32.9 Å². The van der Waals surface area contributed by atoms with Crippen LogP contribution in [-0.4, -0.2) is 17.6 Å². The van der Waals surface area contributed by atoms with Gasteiger partial charge in [-0.1, -0.05) is 12.1 Å². The highest BCUT2D eigenvalue weighted by Crippen LogP contribution is 2.10. The van der Waals surface area contributed by atoms with Crippen molar-refractivity contribution in [2.75, 3.05) is 5.32 Å². The number of amides is 2. The summed E-state index contributed by atoms with van der Waals surface area (Å²) in [5.41, 5.74) is 1.16. The number of anilines is 1. The lowest BCUT2D eigenvalue weighted by Gasteiger charge is -2.19. The Kier molecular flexibility index (Phi) is 4.92. The number of hydrogen-bond acceptors (Lipinski definition) is 3. The zero-order chi connectivity index (χ0) is 14.5. The third kappa shape index (κ3) is 6.45. The van der Waals surface area contributed by atoms with Crippen LogP contribution in [-0.2, 0) is 16.1 Å². The van der Waals surface area contributed by atoms with Crippen LogP contribution in [0.1, 0.15) is 33.3 Å². The summed E-state index contributed by atoms with van der Waals surface area (Å²) in [6, 6.07) is 7.24. The van der Waals surface area contributed by atoms with E-state index in [-0.39, 0.29) is 5.91 Å². The highest BCUT2D eigenvalue weighted by Gasteiger charge is 2.15. The van der Waals surface area contributed by atoms with Crippen LogP contribution in [0.4, 0.5) is 10.5 Å². The molecule has 5 nitrogen and oxygen atoms in total. The molecule has 1 aromatic rings. The fourth-order valence-corrected chi connectivity index (χ4v) is 1.40. The number of benzene rings is 1. The van der Waals surface area contributed by atoms with Crippen molar-refractivity contribution in [3.63, 3.8) is 0 Å². The zero-order valence-electron chi connectivity index (χ0n) is 11.7. The van der Waals surface area contributed by atoms with Crippen molar-refractivity contribution in [2.45, 2.75) is 39.8 Å². The van der Waals surface area contributed by atoms with Crippen molar-refractivity contribution in [3.8, 4) is 0 Å². The first-order chi connectivity index (χ1) is 8.76. The van der Waals surface area contributed by atoms with E-state index in [2.05, 4.69) is 10.6 Å². The second-order valence-corrected chi connectivity index (χ2v) is 5.23. The quantitative estimate of drug-likeness (QED) is 0.882. The van der Waals surface area contributed by atoms with Crippen molar-refractivity contribution in [1.82, 2.24) is 5.32 Å². The number of nitrogens with one attached hydrogen (secondary N) is 2. The minimum absolute atomic E-state index is 0.111. The first-order valence-corrected chi connectivity index (χ1v) is 6.09. The molecule has 0 radical (unpaired) electrons. The van der Waals surface area contributed by atoms with Gasteiger partial charge in [0.15, 0.2) is 0 Å². The van der Waals surface area contributed by atoms with Crippen LogP contribution >= 0.6 is 0 Å². The molecule has 0 aliphatic heterocycles. The fourth-order valence-electron chi connectivity index (χ4n) is 1.40. The number of carbonyl (C=O) groups excluding carboxylic acids is 2. The summed E-state index contributed by atoms with van der Waals surface area (Å²) in [5.74, 6) is -0.111. The van der Waals surface area contributed by atoms with Gasteiger partial charge in [0, 0.05) is 19.2 Å². The third-order valence-corrected chi connectivity index (χ3v) is 2.11. The van der Waals surface area contributed by atoms with Gasteiger partial charge in [-0.25, -0.2) is 4.79 Å². The lowest BCUT2D eigenvalue weighted by Crippen LogP contribution is -2.32. The molecule has 0 aliphatic rings. The van der Waals surface area contributed by atoms with Gasteiger partial charge in [-0.15, -0.1) is 0 Å². The summed E-state index contributed by atoms with van der Waals surface area (Å²) in [7, 11) is 0. The van der Waals surface area contributed by atoms with E-state index >= 15 is 0 Å². The maximum atomic E-state index is 11.5. The molecule has 0 fully saturated rings. The van der Waals surface area contributed by atoms with E-state index in [1.54, 1.807) is 12.1 Å². The standard InChI is InChI=1S/C14H20N2O3/c1-10(17)16-12-7-5-11(6-8-12)9-15-13(18)19-14(2,3)4/h5-8H,9H2,1-4H3,(H,15,18)(H,16,17). The molecular weight excluding hydrogens is 244 g/mol. The summed E-state index contributed by atoms with van der Waals surface area (Å²) >= 11 is 0. The zero-order valence-corrected chi connectivity index (χ0v) is 11.7. The Hall–Kier alpha value is -2.04. The number of carbonyl (C=O) groups is 2. The SMILES string of the molecule is CC(=O)Nc1ccc(CNC(=O)OC(C)(C)C)cc1. The molecule has 0 aromatic heterocycles. The Morgan fingerprint density at radius 1 is 1.16 bits per heavy atom. The average molecular weight is 264 g/mol. The van der Waals surface area contributed by atoms with Gasteiger partial charge < -0.3 is 15.4 Å². The minimum atomic E-state index is -0.501. The maximum Gasteiger partial charge on any atom is 0.407 e. The first kappa shape index (κ1) is 15.0. The van der Waals surface area contributed by atoms with Gasteiger partial charge in [-0.3, -0.25) is 4.79 Å². The van der Waals surface area contributed by atoms with Gasteiger partial charge in [0.05, 0.1) is 0 Å². The van der Waals surface area contributed by atoms with Crippen LogP contribution in [0.5, 0.6) is 0 Å². The Labute approximate surface area is 113 Å². The van der Waals surface area contributed by atoms with Crippen molar-refractivity contribution in [3.05, 3.63) is 29.8 Å². The largest absolute Gasteiger partial charge is 0.444 e. The smallest absolute Gasteiger partial charge is 0.407 e. The second-order valence-electron chi connectivity index (χ2n) is 5.23. The highest BCUT2D eigenvalue weighted by atomic mass is 16.6. The van der Waals surface area contributed by atoms with Gasteiger partial charge in [0.25, 0.3) is 0 Å². The van der Waals surface area contributed by atoms with Crippen LogP contribution in [0, 0.1) is 0 Å². The molecular formula is C14H20N2O3. The topological polar surface area (TPSA) is 67.4 Å². The molecule has 0 aliphatic carbocycles. The second kappa shape index (κ2) is 6.22. The van der Waals surface area contributed by atoms with Gasteiger partial charge in [-0.2, -0.15) is 0 Å². The Bertz CT molecular complexity index is 447. The summed E-state index contributed by atoms with van der Waals surface area (Å²) in [6.07, 6.45) is -0.446. The molecule has 0 spiro atoms. The van der Waals surface area contributed by atoms with Crippen LogP contribution in [0.2, 0.25) is 0 Å². The van der Waals surface area contributed by atoms with Crippen molar-refractivity contribution < 1.29 is 14.3 Å². The lowest BCUT2D eigenvalue weighted by molar-refractivity contribution is -0.114. The lowest BCUT2D eigenvalue weighted by atomic mass is 10.2. The molecule has 0 unspecified atom stereocenters. The fraction of sp³-hybridized carbons (Fsp3) is 0.429. The van der Waals surface area contributed by atoms with Crippen molar-refractivity contribution in [2.24, 2.45) is 0 Å². The molecule has 2 N–H and O–H groups in total. The van der Waals surface area contributed by atoms with Crippen LogP contribution in [0.3, 0.4) is 0 Å². The number of ether oxygens (including phenoxy) is 1. The summed E-state index contributed by atoms with van der Waals surface area (Å²) in [5, 5.41) is 5.34. The number of alkyl carbamates (subject to hydrolysis) is 1. The summed E-state index contributed by atoms with van der Waals surface area (Å²) < 4.78 is 5.13. The molecule has 0 heterocycles. The normalized spacial score (nSPS) is 10.7. The first-order valence-electron chi connectivity index (χ1n) is 6.09. The van der Waals surface area contributed by atoms with Crippen molar-refractivity contribution >= 4 is 17.7 Å². The molecule has 5 heteroatoms. The predicted octanol–water partition coefficient (Wildman–Crippen LogP) is 2.67. The monoisotopic (exact) mass is 264 g/mol. The van der Waals surface area contributed by atoms with Gasteiger partial charge in [-0.05, 0) is 38.5 Å². The van der Waals surface area contributed by atoms with Gasteiger partial charge >= 0.3 is 6.09 Å². The molecule has 0 atom stereocenters. The highest BCUT2D eigenvalue weighted by molar-refractivity contribution is 5.88. The van der Waals surface area contributed by atoms with E-state index < -0.39 is 11.7 Å². The maximum absolute atomic E-state index is 11.5. The molecule has 0 saturated carbocycles. The molecule has 0 bridgehead atoms. The van der Waals surface area contributed by atoms with E-state index in [1.165, 1.54) is 6.92 Å². The molecule has 19 heavy (non-hydrogen) atoms. The van der Waals surface area contributed by atoms with E-state index in [9.17, 15) is 9.59 Å². The Balaban J connectivity index is 2.46. The molecule has 1 rings (SSSR count). The van der Waals surface area contributed by atoms with Gasteiger partial charge in [0.1, 0.15) is 5.60 Å². The van der Waals surface area contributed by atoms with Crippen LogP contribution in [0.15, 0.2) is 24.3 Å². The molecule has 0 saturated heterocycles. The molecule has 104 valence electrons. The number of hydrogen-bond donors (Lipinski definition) is 2. The van der Waals surface area contributed by atoms with Crippen molar-refractivity contribution in [1.29, 1.82) is 0 Å². The van der Waals surface area contributed by atoms with Crippen LogP contribution < -0.4 is 10.6 Å². The third-order valence-electron chi connectivity index (χ3n) is 2.11.